The summed E-state index contributed by atoms with van der Waals surface area (Å²) in [6.45, 7) is 3.79. The van der Waals surface area contributed by atoms with Crippen molar-refractivity contribution in [2.45, 2.75) is 20.0 Å². The van der Waals surface area contributed by atoms with E-state index < -0.39 is 11.9 Å². The van der Waals surface area contributed by atoms with Gasteiger partial charge in [0.1, 0.15) is 5.15 Å². The first-order valence-electron chi connectivity index (χ1n) is 9.44. The van der Waals surface area contributed by atoms with Crippen LogP contribution in [0.4, 0.5) is 0 Å². The normalized spacial score (nSPS) is 10.8. The van der Waals surface area contributed by atoms with E-state index in [0.717, 1.165) is 0 Å². The third kappa shape index (κ3) is 4.41. The molecule has 0 aliphatic rings. The van der Waals surface area contributed by atoms with Crippen LogP contribution in [0.3, 0.4) is 0 Å². The summed E-state index contributed by atoms with van der Waals surface area (Å²) in [5.41, 5.74) is 1.15. The summed E-state index contributed by atoms with van der Waals surface area (Å²) in [5.74, 6) is -0.382. The fourth-order valence-corrected chi connectivity index (χ4v) is 3.53. The summed E-state index contributed by atoms with van der Waals surface area (Å²) in [4.78, 5) is 29.4. The van der Waals surface area contributed by atoms with Crippen LogP contribution in [0.15, 0.2) is 36.5 Å². The molecule has 0 spiro atoms. The average molecular weight is 444 g/mol. The van der Waals surface area contributed by atoms with Gasteiger partial charge in [-0.25, -0.2) is 14.6 Å². The second-order valence-electron chi connectivity index (χ2n) is 6.92. The van der Waals surface area contributed by atoms with E-state index in [1.807, 2.05) is 13.8 Å². The smallest absolute Gasteiger partial charge is 0.339 e. The molecule has 0 saturated heterocycles. The van der Waals surface area contributed by atoms with Crippen molar-refractivity contribution >= 4 is 34.3 Å². The Balaban J connectivity index is 2.51. The first kappa shape index (κ1) is 22.4. The van der Waals surface area contributed by atoms with Gasteiger partial charge in [0.15, 0.2) is 11.5 Å². The molecule has 0 saturated carbocycles. The van der Waals surface area contributed by atoms with Gasteiger partial charge in [-0.1, -0.05) is 11.6 Å². The van der Waals surface area contributed by atoms with E-state index in [4.69, 9.17) is 30.5 Å². The first-order chi connectivity index (χ1) is 14.8. The maximum absolute atomic E-state index is 12.8. The van der Waals surface area contributed by atoms with E-state index in [0.29, 0.717) is 33.4 Å². The number of fused-ring (bicyclic) bond motifs is 1. The van der Waals surface area contributed by atoms with Crippen LogP contribution in [0.5, 0.6) is 11.5 Å². The van der Waals surface area contributed by atoms with Gasteiger partial charge in [0.25, 0.3) is 0 Å². The summed E-state index contributed by atoms with van der Waals surface area (Å²) in [5, 5.41) is 1.52. The van der Waals surface area contributed by atoms with Crippen LogP contribution in [-0.2, 0) is 9.47 Å². The highest BCUT2D eigenvalue weighted by molar-refractivity contribution is 6.29. The molecule has 1 heterocycles. The number of hydrogen-bond donors (Lipinski definition) is 0. The van der Waals surface area contributed by atoms with Gasteiger partial charge in [0.2, 0.25) is 0 Å². The molecular weight excluding hydrogens is 422 g/mol. The Morgan fingerprint density at radius 3 is 2.26 bits per heavy atom. The van der Waals surface area contributed by atoms with Crippen LogP contribution in [0, 0.1) is 0 Å². The minimum atomic E-state index is -0.688. The zero-order valence-electron chi connectivity index (χ0n) is 17.8. The third-order valence-corrected chi connectivity index (χ3v) is 4.80. The van der Waals surface area contributed by atoms with E-state index in [-0.39, 0.29) is 22.4 Å². The zero-order valence-corrected chi connectivity index (χ0v) is 18.6. The molecule has 3 rings (SSSR count). The molecule has 2 aromatic carbocycles. The molecule has 0 aliphatic carbocycles. The number of esters is 2. The lowest BCUT2D eigenvalue weighted by molar-refractivity contribution is 0.0556. The van der Waals surface area contributed by atoms with Gasteiger partial charge < -0.3 is 18.9 Å². The molecule has 0 amide bonds. The number of halogens is 1. The highest BCUT2D eigenvalue weighted by Gasteiger charge is 2.27. The minimum Gasteiger partial charge on any atom is -0.493 e. The standard InChI is InChI=1S/C23H22ClNO6/c1-12(2)31-18-9-14-8-16(22(26)29-4)21(23(27)30-5)20(15(14)11-17(18)28-3)13-6-7-25-19(24)10-13/h6-12H,1-5H3. The maximum Gasteiger partial charge on any atom is 0.339 e. The number of pyridine rings is 1. The summed E-state index contributed by atoms with van der Waals surface area (Å²) in [6, 6.07) is 8.39. The Morgan fingerprint density at radius 1 is 0.968 bits per heavy atom. The zero-order chi connectivity index (χ0) is 22.7. The van der Waals surface area contributed by atoms with Crippen molar-refractivity contribution in [3.05, 3.63) is 52.8 Å². The van der Waals surface area contributed by atoms with Gasteiger partial charge in [-0.05, 0) is 60.5 Å². The number of benzene rings is 2. The highest BCUT2D eigenvalue weighted by atomic mass is 35.5. The molecule has 7 nitrogen and oxygen atoms in total. The van der Waals surface area contributed by atoms with Gasteiger partial charge in [0.05, 0.1) is 38.6 Å². The summed E-state index contributed by atoms with van der Waals surface area (Å²) in [6.07, 6.45) is 1.42. The SMILES string of the molecule is COC(=O)c1cc2cc(OC(C)C)c(OC)cc2c(-c2ccnc(Cl)c2)c1C(=O)OC. The Bertz CT molecular complexity index is 1160. The average Bonchev–Trinajstić information content (AvgIpc) is 2.75. The number of rotatable bonds is 6. The summed E-state index contributed by atoms with van der Waals surface area (Å²) >= 11 is 6.12. The predicted octanol–water partition coefficient (Wildman–Crippen LogP) is 4.92. The van der Waals surface area contributed by atoms with E-state index >= 15 is 0 Å². The first-order valence-corrected chi connectivity index (χ1v) is 9.82. The second kappa shape index (κ2) is 9.22. The number of carbonyl (C=O) groups excluding carboxylic acids is 2. The lowest BCUT2D eigenvalue weighted by Gasteiger charge is -2.19. The minimum absolute atomic E-state index is 0.0590. The molecule has 0 atom stereocenters. The van der Waals surface area contributed by atoms with Crippen LogP contribution < -0.4 is 9.47 Å². The van der Waals surface area contributed by atoms with Crippen molar-refractivity contribution in [3.8, 4) is 22.6 Å². The molecule has 1 aromatic heterocycles. The van der Waals surface area contributed by atoms with Crippen molar-refractivity contribution in [3.63, 3.8) is 0 Å². The van der Waals surface area contributed by atoms with Crippen LogP contribution in [0.1, 0.15) is 34.6 Å². The van der Waals surface area contributed by atoms with E-state index in [2.05, 4.69) is 4.98 Å². The molecule has 0 aliphatic heterocycles. The number of hydrogen-bond acceptors (Lipinski definition) is 7. The van der Waals surface area contributed by atoms with E-state index in [9.17, 15) is 9.59 Å². The Kier molecular flexibility index (Phi) is 6.65. The van der Waals surface area contributed by atoms with Crippen molar-refractivity contribution in [1.82, 2.24) is 4.98 Å². The molecule has 0 N–H and O–H groups in total. The van der Waals surface area contributed by atoms with Gasteiger partial charge in [-0.2, -0.15) is 0 Å². The predicted molar refractivity (Wildman–Crippen MR) is 117 cm³/mol. The monoisotopic (exact) mass is 443 g/mol. The molecule has 0 radical (unpaired) electrons. The molecule has 0 unspecified atom stereocenters. The van der Waals surface area contributed by atoms with Gasteiger partial charge in [-0.15, -0.1) is 0 Å². The fraction of sp³-hybridized carbons (Fsp3) is 0.261. The number of nitrogens with zero attached hydrogens (tertiary/aromatic N) is 1. The van der Waals surface area contributed by atoms with Gasteiger partial charge in [-0.3, -0.25) is 0 Å². The summed E-state index contributed by atoms with van der Waals surface area (Å²) < 4.78 is 21.3. The molecule has 162 valence electrons. The van der Waals surface area contributed by atoms with Crippen LogP contribution in [0.25, 0.3) is 21.9 Å². The summed E-state index contributed by atoms with van der Waals surface area (Å²) in [7, 11) is 4.02. The van der Waals surface area contributed by atoms with Crippen molar-refractivity contribution in [2.75, 3.05) is 21.3 Å². The quantitative estimate of drug-likeness (QED) is 0.394. The number of ether oxygens (including phenoxy) is 4. The Labute approximate surface area is 184 Å². The molecule has 8 heteroatoms. The van der Waals surface area contributed by atoms with Crippen LogP contribution in [0.2, 0.25) is 5.15 Å². The van der Waals surface area contributed by atoms with Crippen molar-refractivity contribution in [2.24, 2.45) is 0 Å². The van der Waals surface area contributed by atoms with E-state index in [1.165, 1.54) is 27.5 Å². The van der Waals surface area contributed by atoms with Crippen LogP contribution >= 0.6 is 11.6 Å². The number of aromatic nitrogens is 1. The molecule has 0 bridgehead atoms. The number of methoxy groups -OCH3 is 3. The van der Waals surface area contributed by atoms with Gasteiger partial charge >= 0.3 is 11.9 Å². The molecule has 3 aromatic rings. The second-order valence-corrected chi connectivity index (χ2v) is 7.30. The van der Waals surface area contributed by atoms with Crippen molar-refractivity contribution < 1.29 is 28.5 Å². The topological polar surface area (TPSA) is 84.0 Å². The van der Waals surface area contributed by atoms with E-state index in [1.54, 1.807) is 30.3 Å². The fourth-order valence-electron chi connectivity index (χ4n) is 3.36. The lowest BCUT2D eigenvalue weighted by atomic mass is 9.89. The number of carbonyl (C=O) groups is 2. The highest BCUT2D eigenvalue weighted by Crippen LogP contribution is 2.41. The van der Waals surface area contributed by atoms with Crippen LogP contribution in [-0.4, -0.2) is 44.4 Å². The third-order valence-electron chi connectivity index (χ3n) is 4.60. The maximum atomic E-state index is 12.8. The molecular formula is C23H22ClNO6. The molecule has 31 heavy (non-hydrogen) atoms. The Morgan fingerprint density at radius 2 is 1.68 bits per heavy atom. The van der Waals surface area contributed by atoms with Gasteiger partial charge in [0, 0.05) is 11.8 Å². The Hall–Kier alpha value is -3.32. The molecule has 0 fully saturated rings. The van der Waals surface area contributed by atoms with Crippen molar-refractivity contribution in [1.29, 1.82) is 0 Å². The largest absolute Gasteiger partial charge is 0.493 e. The lowest BCUT2D eigenvalue weighted by Crippen LogP contribution is -2.14.